The first kappa shape index (κ1) is 17.2. The lowest BCUT2D eigenvalue weighted by atomic mass is 9.75. The zero-order valence-electron chi connectivity index (χ0n) is 14.0. The summed E-state index contributed by atoms with van der Waals surface area (Å²) in [6, 6.07) is 6.31. The highest BCUT2D eigenvalue weighted by atomic mass is 16.5. The van der Waals surface area contributed by atoms with Crippen LogP contribution in [-0.4, -0.2) is 33.8 Å². The van der Waals surface area contributed by atoms with Crippen LogP contribution in [0.3, 0.4) is 0 Å². The number of methoxy groups -OCH3 is 1. The zero-order chi connectivity index (χ0) is 17.8. The van der Waals surface area contributed by atoms with Gasteiger partial charge in [-0.2, -0.15) is 0 Å². The molecule has 2 aromatic rings. The third-order valence-corrected chi connectivity index (χ3v) is 4.48. The number of nitrogens with one attached hydrogen (secondary N) is 1. The maximum absolute atomic E-state index is 12.4. The number of aliphatic hydroxyl groups is 1. The Balaban J connectivity index is 1.76. The van der Waals surface area contributed by atoms with Crippen LogP contribution in [0.5, 0.6) is 5.75 Å². The number of nitrogens with zero attached hydrogens (tertiary/aromatic N) is 2. The first-order valence-corrected chi connectivity index (χ1v) is 8.18. The summed E-state index contributed by atoms with van der Waals surface area (Å²) in [6.07, 6.45) is 5.77. The fourth-order valence-corrected chi connectivity index (χ4v) is 3.06. The van der Waals surface area contributed by atoms with Gasteiger partial charge in [-0.15, -0.1) is 0 Å². The van der Waals surface area contributed by atoms with Gasteiger partial charge >= 0.3 is 0 Å². The lowest BCUT2D eigenvalue weighted by Crippen LogP contribution is -2.43. The molecule has 2 aromatic heterocycles. The molecule has 2 heterocycles. The maximum atomic E-state index is 12.4. The van der Waals surface area contributed by atoms with E-state index in [2.05, 4.69) is 10.3 Å². The number of aliphatic hydroxyl groups excluding tert-OH is 1. The highest BCUT2D eigenvalue weighted by Gasteiger charge is 2.36. The molecule has 1 fully saturated rings. The van der Waals surface area contributed by atoms with Crippen LogP contribution in [0.4, 0.5) is 0 Å². The van der Waals surface area contributed by atoms with Crippen LogP contribution in [0.25, 0.3) is 0 Å². The Kier molecular flexibility index (Phi) is 5.14. The quantitative estimate of drug-likeness (QED) is 0.812. The van der Waals surface area contributed by atoms with E-state index in [-0.39, 0.29) is 36.1 Å². The zero-order valence-corrected chi connectivity index (χ0v) is 14.0. The fraction of sp³-hybridized carbons (Fsp3) is 0.389. The van der Waals surface area contributed by atoms with Crippen LogP contribution < -0.4 is 15.6 Å². The average molecular weight is 343 g/mol. The summed E-state index contributed by atoms with van der Waals surface area (Å²) in [6.45, 7) is -0.0527. The molecule has 132 valence electrons. The number of ether oxygens (including phenoxy) is 1. The van der Waals surface area contributed by atoms with E-state index in [9.17, 15) is 14.7 Å². The molecular weight excluding hydrogens is 322 g/mol. The van der Waals surface area contributed by atoms with Crippen LogP contribution in [0.1, 0.15) is 24.4 Å². The molecule has 0 bridgehead atoms. The lowest BCUT2D eigenvalue weighted by molar-refractivity contribution is -0.123. The van der Waals surface area contributed by atoms with Crippen molar-refractivity contribution in [2.75, 3.05) is 7.11 Å². The van der Waals surface area contributed by atoms with Gasteiger partial charge in [-0.3, -0.25) is 14.6 Å². The Labute approximate surface area is 145 Å². The molecule has 3 rings (SSSR count). The van der Waals surface area contributed by atoms with Crippen molar-refractivity contribution in [2.45, 2.75) is 31.5 Å². The molecule has 1 amide bonds. The Bertz CT molecular complexity index is 799. The van der Waals surface area contributed by atoms with Crippen molar-refractivity contribution in [1.82, 2.24) is 14.9 Å². The van der Waals surface area contributed by atoms with E-state index >= 15 is 0 Å². The Hall–Kier alpha value is -2.67. The molecular formula is C18H21N3O4. The predicted octanol–water partition coefficient (Wildman–Crippen LogP) is 0.880. The largest absolute Gasteiger partial charge is 0.495 e. The molecule has 1 aliphatic carbocycles. The van der Waals surface area contributed by atoms with Crippen molar-refractivity contribution >= 4 is 5.91 Å². The van der Waals surface area contributed by atoms with E-state index in [1.807, 2.05) is 6.07 Å². The number of pyridine rings is 2. The summed E-state index contributed by atoms with van der Waals surface area (Å²) in [7, 11) is 1.56. The van der Waals surface area contributed by atoms with Gasteiger partial charge in [-0.1, -0.05) is 6.07 Å². The van der Waals surface area contributed by atoms with E-state index in [4.69, 9.17) is 4.74 Å². The summed E-state index contributed by atoms with van der Waals surface area (Å²) in [5.41, 5.74) is 0.598. The Morgan fingerprint density at radius 3 is 2.92 bits per heavy atom. The monoisotopic (exact) mass is 343 g/mol. The first-order chi connectivity index (χ1) is 12.1. The minimum absolute atomic E-state index is 0.0527. The molecule has 7 nitrogen and oxygen atoms in total. The summed E-state index contributed by atoms with van der Waals surface area (Å²) in [4.78, 5) is 28.4. The van der Waals surface area contributed by atoms with E-state index < -0.39 is 0 Å². The molecule has 1 saturated carbocycles. The summed E-state index contributed by atoms with van der Waals surface area (Å²) >= 11 is 0. The predicted molar refractivity (Wildman–Crippen MR) is 91.1 cm³/mol. The topological polar surface area (TPSA) is 93.5 Å². The van der Waals surface area contributed by atoms with E-state index in [0.29, 0.717) is 18.6 Å². The van der Waals surface area contributed by atoms with Gasteiger partial charge in [0.05, 0.1) is 25.5 Å². The number of carbonyl (C=O) groups is 1. The normalized spacial score (nSPS) is 20.4. The third kappa shape index (κ3) is 4.06. The molecule has 0 radical (unpaired) electrons. The van der Waals surface area contributed by atoms with Gasteiger partial charge in [0.2, 0.25) is 5.91 Å². The SMILES string of the molecule is COc1cncc([C@H](NC(=O)Cn2ccccc2=O)C2CC(O)C2)c1. The highest BCUT2D eigenvalue weighted by Crippen LogP contribution is 2.38. The molecule has 0 saturated heterocycles. The van der Waals surface area contributed by atoms with Gasteiger partial charge in [-0.25, -0.2) is 0 Å². The smallest absolute Gasteiger partial charge is 0.250 e. The van der Waals surface area contributed by atoms with Crippen LogP contribution in [0.2, 0.25) is 0 Å². The molecule has 0 aliphatic heterocycles. The maximum Gasteiger partial charge on any atom is 0.250 e. The lowest BCUT2D eigenvalue weighted by Gasteiger charge is -2.38. The molecule has 0 aromatic carbocycles. The Morgan fingerprint density at radius 1 is 1.44 bits per heavy atom. The molecule has 25 heavy (non-hydrogen) atoms. The molecule has 2 N–H and O–H groups in total. The molecule has 1 aliphatic rings. The van der Waals surface area contributed by atoms with Gasteiger partial charge < -0.3 is 19.7 Å². The first-order valence-electron chi connectivity index (χ1n) is 8.18. The molecule has 1 atom stereocenters. The molecule has 0 unspecified atom stereocenters. The van der Waals surface area contributed by atoms with Gasteiger partial charge in [0.1, 0.15) is 12.3 Å². The van der Waals surface area contributed by atoms with E-state index in [1.54, 1.807) is 37.8 Å². The summed E-state index contributed by atoms with van der Waals surface area (Å²) < 4.78 is 6.56. The second kappa shape index (κ2) is 7.48. The molecule has 0 spiro atoms. The number of amides is 1. The minimum Gasteiger partial charge on any atom is -0.495 e. The van der Waals surface area contributed by atoms with Crippen molar-refractivity contribution in [1.29, 1.82) is 0 Å². The summed E-state index contributed by atoms with van der Waals surface area (Å²) in [5.74, 6) is 0.471. The van der Waals surface area contributed by atoms with Crippen molar-refractivity contribution < 1.29 is 14.6 Å². The van der Waals surface area contributed by atoms with E-state index in [1.165, 1.54) is 10.6 Å². The van der Waals surface area contributed by atoms with Gasteiger partial charge in [0.15, 0.2) is 0 Å². The fourth-order valence-electron chi connectivity index (χ4n) is 3.06. The average Bonchev–Trinajstić information content (AvgIpc) is 2.59. The van der Waals surface area contributed by atoms with Crippen molar-refractivity contribution in [3.8, 4) is 5.75 Å². The second-order valence-corrected chi connectivity index (χ2v) is 6.26. The number of rotatable bonds is 6. The van der Waals surface area contributed by atoms with Gasteiger partial charge in [0, 0.05) is 18.5 Å². The second-order valence-electron chi connectivity index (χ2n) is 6.26. The Morgan fingerprint density at radius 2 is 2.24 bits per heavy atom. The third-order valence-electron chi connectivity index (χ3n) is 4.48. The van der Waals surface area contributed by atoms with Gasteiger partial charge in [-0.05, 0) is 36.5 Å². The number of carbonyl (C=O) groups excluding carboxylic acids is 1. The van der Waals surface area contributed by atoms with Crippen molar-refractivity contribution in [2.24, 2.45) is 5.92 Å². The standard InChI is InChI=1S/C18H21N3O4/c1-25-15-8-13(9-19-10-15)18(12-6-14(22)7-12)20-16(23)11-21-5-3-2-4-17(21)24/h2-5,8-10,12,14,18,22H,6-7,11H2,1H3,(H,20,23)/t12?,14?,18-/m1/s1. The van der Waals surface area contributed by atoms with Crippen LogP contribution in [0, 0.1) is 5.92 Å². The minimum atomic E-state index is -0.334. The van der Waals surface area contributed by atoms with Crippen LogP contribution >= 0.6 is 0 Å². The summed E-state index contributed by atoms with van der Waals surface area (Å²) in [5, 5.41) is 12.6. The van der Waals surface area contributed by atoms with Gasteiger partial charge in [0.25, 0.3) is 5.56 Å². The number of hydrogen-bond acceptors (Lipinski definition) is 5. The number of hydrogen-bond donors (Lipinski definition) is 2. The van der Waals surface area contributed by atoms with Crippen LogP contribution in [-0.2, 0) is 11.3 Å². The highest BCUT2D eigenvalue weighted by molar-refractivity contribution is 5.76. The number of aromatic nitrogens is 2. The van der Waals surface area contributed by atoms with Crippen LogP contribution in [0.15, 0.2) is 47.7 Å². The van der Waals surface area contributed by atoms with E-state index in [0.717, 1.165) is 5.56 Å². The van der Waals surface area contributed by atoms with Crippen molar-refractivity contribution in [3.63, 3.8) is 0 Å². The molecule has 7 heteroatoms. The van der Waals surface area contributed by atoms with Crippen molar-refractivity contribution in [3.05, 3.63) is 58.8 Å².